The van der Waals surface area contributed by atoms with Gasteiger partial charge in [0.15, 0.2) is 0 Å². The van der Waals surface area contributed by atoms with Crippen LogP contribution in [0.3, 0.4) is 0 Å². The third kappa shape index (κ3) is 2.09. The number of benzene rings is 5. The van der Waals surface area contributed by atoms with Gasteiger partial charge in [-0.1, -0.05) is 78.9 Å². The van der Waals surface area contributed by atoms with Gasteiger partial charge in [-0.05, 0) is 48.7 Å². The standard InChI is InChI=1S/C24H17NO/c25-23(26)14-15-6-5-11-20-16(15)12-13-22-19-9-2-1-7-17(19)18-8-3-4-10-21(18)24(20)22/h1-13H,14H2,(H2,25,26). The van der Waals surface area contributed by atoms with Crippen LogP contribution in [0, 0.1) is 0 Å². The first-order chi connectivity index (χ1) is 12.7. The summed E-state index contributed by atoms with van der Waals surface area (Å²) in [5.41, 5.74) is 6.43. The number of nitrogens with two attached hydrogens (primary N) is 1. The van der Waals surface area contributed by atoms with Gasteiger partial charge >= 0.3 is 0 Å². The van der Waals surface area contributed by atoms with Crippen LogP contribution in [0.1, 0.15) is 5.56 Å². The van der Waals surface area contributed by atoms with Gasteiger partial charge in [-0.2, -0.15) is 0 Å². The lowest BCUT2D eigenvalue weighted by Crippen LogP contribution is -2.13. The van der Waals surface area contributed by atoms with Crippen LogP contribution in [-0.2, 0) is 11.2 Å². The number of carbonyl (C=O) groups is 1. The maximum Gasteiger partial charge on any atom is 0.221 e. The van der Waals surface area contributed by atoms with Crippen molar-refractivity contribution in [3.63, 3.8) is 0 Å². The smallest absolute Gasteiger partial charge is 0.221 e. The Morgan fingerprint density at radius 1 is 0.577 bits per heavy atom. The van der Waals surface area contributed by atoms with Crippen LogP contribution in [0.2, 0.25) is 0 Å². The van der Waals surface area contributed by atoms with Crippen LogP contribution in [-0.4, -0.2) is 5.91 Å². The van der Waals surface area contributed by atoms with Gasteiger partial charge in [0, 0.05) is 0 Å². The van der Waals surface area contributed by atoms with Crippen molar-refractivity contribution in [2.24, 2.45) is 5.73 Å². The Labute approximate surface area is 150 Å². The quantitative estimate of drug-likeness (QED) is 0.435. The molecule has 5 rings (SSSR count). The summed E-state index contributed by atoms with van der Waals surface area (Å²) in [4.78, 5) is 11.5. The third-order valence-corrected chi connectivity index (χ3v) is 5.22. The molecule has 0 radical (unpaired) electrons. The first kappa shape index (κ1) is 14.9. The Bertz CT molecular complexity index is 1300. The Morgan fingerprint density at radius 3 is 1.69 bits per heavy atom. The fourth-order valence-electron chi connectivity index (χ4n) is 4.17. The third-order valence-electron chi connectivity index (χ3n) is 5.22. The largest absolute Gasteiger partial charge is 0.369 e. The van der Waals surface area contributed by atoms with Crippen LogP contribution in [0.4, 0.5) is 0 Å². The average molecular weight is 335 g/mol. The lowest BCUT2D eigenvalue weighted by Gasteiger charge is -2.14. The fraction of sp³-hybridized carbons (Fsp3) is 0.0417. The normalized spacial score (nSPS) is 11.5. The molecular formula is C24H17NO. The molecule has 5 aromatic carbocycles. The molecule has 0 saturated carbocycles. The lowest BCUT2D eigenvalue weighted by atomic mass is 9.90. The van der Waals surface area contributed by atoms with Crippen molar-refractivity contribution >= 4 is 49.0 Å². The molecule has 2 N–H and O–H groups in total. The van der Waals surface area contributed by atoms with Crippen LogP contribution >= 0.6 is 0 Å². The zero-order valence-corrected chi connectivity index (χ0v) is 14.2. The van der Waals surface area contributed by atoms with Gasteiger partial charge < -0.3 is 5.73 Å². The first-order valence-corrected chi connectivity index (χ1v) is 8.76. The highest BCUT2D eigenvalue weighted by molar-refractivity contribution is 6.31. The van der Waals surface area contributed by atoms with E-state index in [0.717, 1.165) is 10.9 Å². The summed E-state index contributed by atoms with van der Waals surface area (Å²) < 4.78 is 0. The van der Waals surface area contributed by atoms with Gasteiger partial charge in [-0.3, -0.25) is 4.79 Å². The molecule has 0 aliphatic rings. The molecule has 0 unspecified atom stereocenters. The molecule has 0 bridgehead atoms. The first-order valence-electron chi connectivity index (χ1n) is 8.76. The predicted molar refractivity (Wildman–Crippen MR) is 109 cm³/mol. The van der Waals surface area contributed by atoms with Gasteiger partial charge in [-0.25, -0.2) is 0 Å². The number of carbonyl (C=O) groups excluding carboxylic acids is 1. The number of hydrogen-bond acceptors (Lipinski definition) is 1. The molecule has 2 nitrogen and oxygen atoms in total. The molecule has 26 heavy (non-hydrogen) atoms. The molecule has 1 amide bonds. The number of hydrogen-bond donors (Lipinski definition) is 1. The Hall–Kier alpha value is -3.39. The minimum absolute atomic E-state index is 0.258. The van der Waals surface area contributed by atoms with Crippen molar-refractivity contribution in [3.8, 4) is 0 Å². The van der Waals surface area contributed by atoms with Crippen molar-refractivity contribution < 1.29 is 4.79 Å². The number of primary amides is 1. The van der Waals surface area contributed by atoms with Crippen LogP contribution in [0.15, 0.2) is 78.9 Å². The van der Waals surface area contributed by atoms with Crippen molar-refractivity contribution in [2.75, 3.05) is 0 Å². The van der Waals surface area contributed by atoms with Gasteiger partial charge in [0.25, 0.3) is 0 Å². The SMILES string of the molecule is NC(=O)Cc1cccc2c1ccc1c3ccccc3c3ccccc3c21. The van der Waals surface area contributed by atoms with E-state index in [1.165, 1.54) is 37.7 Å². The van der Waals surface area contributed by atoms with Crippen LogP contribution < -0.4 is 5.73 Å². The summed E-state index contributed by atoms with van der Waals surface area (Å²) in [6.07, 6.45) is 0.258. The minimum Gasteiger partial charge on any atom is -0.369 e. The summed E-state index contributed by atoms with van der Waals surface area (Å²) in [5, 5.41) is 9.76. The van der Waals surface area contributed by atoms with E-state index in [4.69, 9.17) is 5.73 Å². The molecule has 0 saturated heterocycles. The molecule has 124 valence electrons. The highest BCUT2D eigenvalue weighted by Gasteiger charge is 2.12. The molecule has 0 atom stereocenters. The maximum absolute atomic E-state index is 11.5. The Balaban J connectivity index is 2.06. The molecule has 5 aromatic rings. The minimum atomic E-state index is -0.305. The molecule has 0 aliphatic heterocycles. The van der Waals surface area contributed by atoms with E-state index in [0.29, 0.717) is 0 Å². The van der Waals surface area contributed by atoms with Gasteiger partial charge in [0.1, 0.15) is 0 Å². The summed E-state index contributed by atoms with van der Waals surface area (Å²) >= 11 is 0. The van der Waals surface area contributed by atoms with E-state index in [1.54, 1.807) is 0 Å². The molecule has 0 aromatic heterocycles. The average Bonchev–Trinajstić information content (AvgIpc) is 2.67. The summed E-state index contributed by atoms with van der Waals surface area (Å²) in [6, 6.07) is 27.5. The van der Waals surface area contributed by atoms with E-state index < -0.39 is 0 Å². The van der Waals surface area contributed by atoms with E-state index in [-0.39, 0.29) is 12.3 Å². The van der Waals surface area contributed by atoms with Crippen molar-refractivity contribution in [1.82, 2.24) is 0 Å². The molecule has 0 aliphatic carbocycles. The van der Waals surface area contributed by atoms with Gasteiger partial charge in [-0.15, -0.1) is 0 Å². The fourth-order valence-corrected chi connectivity index (χ4v) is 4.17. The number of fused-ring (bicyclic) bond motifs is 8. The lowest BCUT2D eigenvalue weighted by molar-refractivity contribution is -0.117. The van der Waals surface area contributed by atoms with E-state index in [9.17, 15) is 4.79 Å². The second-order valence-electron chi connectivity index (χ2n) is 6.73. The highest BCUT2D eigenvalue weighted by Crippen LogP contribution is 2.39. The van der Waals surface area contributed by atoms with E-state index in [2.05, 4.69) is 66.7 Å². The topological polar surface area (TPSA) is 43.1 Å². The van der Waals surface area contributed by atoms with Crippen molar-refractivity contribution in [3.05, 3.63) is 84.4 Å². The zero-order chi connectivity index (χ0) is 17.7. The second kappa shape index (κ2) is 5.57. The summed E-state index contributed by atoms with van der Waals surface area (Å²) in [6.45, 7) is 0. The molecule has 0 spiro atoms. The second-order valence-corrected chi connectivity index (χ2v) is 6.73. The monoisotopic (exact) mass is 335 g/mol. The van der Waals surface area contributed by atoms with Crippen molar-refractivity contribution in [1.29, 1.82) is 0 Å². The molecular weight excluding hydrogens is 318 g/mol. The highest BCUT2D eigenvalue weighted by atomic mass is 16.1. The van der Waals surface area contributed by atoms with Crippen LogP contribution in [0.25, 0.3) is 43.1 Å². The van der Waals surface area contributed by atoms with E-state index >= 15 is 0 Å². The Morgan fingerprint density at radius 2 is 1.04 bits per heavy atom. The van der Waals surface area contributed by atoms with Crippen LogP contribution in [0.5, 0.6) is 0 Å². The summed E-state index contributed by atoms with van der Waals surface area (Å²) in [7, 11) is 0. The molecule has 0 fully saturated rings. The molecule has 2 heteroatoms. The Kier molecular flexibility index (Phi) is 3.19. The molecule has 0 heterocycles. The zero-order valence-electron chi connectivity index (χ0n) is 14.2. The predicted octanol–water partition coefficient (Wildman–Crippen LogP) is 5.33. The van der Waals surface area contributed by atoms with Gasteiger partial charge in [0.05, 0.1) is 6.42 Å². The number of rotatable bonds is 2. The van der Waals surface area contributed by atoms with Crippen molar-refractivity contribution in [2.45, 2.75) is 6.42 Å². The van der Waals surface area contributed by atoms with Gasteiger partial charge in [0.2, 0.25) is 5.91 Å². The summed E-state index contributed by atoms with van der Waals surface area (Å²) in [5.74, 6) is -0.305. The number of amides is 1. The maximum atomic E-state index is 11.5. The van der Waals surface area contributed by atoms with E-state index in [1.807, 2.05) is 12.1 Å².